The number of nitrogens with zero attached hydrogens (tertiary/aromatic N) is 2. The summed E-state index contributed by atoms with van der Waals surface area (Å²) in [6.45, 7) is 3.84. The van der Waals surface area contributed by atoms with Gasteiger partial charge >= 0.3 is 0 Å². The highest BCUT2D eigenvalue weighted by molar-refractivity contribution is 7.11. The predicted molar refractivity (Wildman–Crippen MR) is 62.8 cm³/mol. The number of thiazole rings is 1. The van der Waals surface area contributed by atoms with Gasteiger partial charge < -0.3 is 9.88 Å². The molecular weight excluding hydrogens is 206 g/mol. The predicted octanol–water partition coefficient (Wildman–Crippen LogP) is 2.08. The Kier molecular flexibility index (Phi) is 3.18. The van der Waals surface area contributed by atoms with Gasteiger partial charge in [-0.05, 0) is 18.6 Å². The van der Waals surface area contributed by atoms with Crippen LogP contribution in [0.2, 0.25) is 0 Å². The van der Waals surface area contributed by atoms with E-state index in [0.717, 1.165) is 18.1 Å². The molecule has 0 aliphatic rings. The molecule has 0 aromatic carbocycles. The Morgan fingerprint density at radius 3 is 2.93 bits per heavy atom. The van der Waals surface area contributed by atoms with Gasteiger partial charge in [-0.25, -0.2) is 4.98 Å². The maximum absolute atomic E-state index is 4.30. The van der Waals surface area contributed by atoms with Crippen LogP contribution in [0.15, 0.2) is 24.7 Å². The number of hydrogen-bond acceptors (Lipinski definition) is 3. The second kappa shape index (κ2) is 4.59. The number of hydrogen-bond donors (Lipinski definition) is 1. The molecule has 0 aliphatic carbocycles. The molecule has 3 nitrogen and oxygen atoms in total. The maximum atomic E-state index is 4.30. The van der Waals surface area contributed by atoms with Gasteiger partial charge in [0.05, 0.1) is 0 Å². The van der Waals surface area contributed by atoms with Gasteiger partial charge in [-0.2, -0.15) is 0 Å². The van der Waals surface area contributed by atoms with Crippen LogP contribution >= 0.6 is 11.3 Å². The summed E-state index contributed by atoms with van der Waals surface area (Å²) in [6.07, 6.45) is 6.11. The highest BCUT2D eigenvalue weighted by atomic mass is 32.1. The van der Waals surface area contributed by atoms with Crippen molar-refractivity contribution in [2.75, 3.05) is 0 Å². The van der Waals surface area contributed by atoms with Crippen molar-refractivity contribution in [2.24, 2.45) is 7.05 Å². The van der Waals surface area contributed by atoms with Crippen molar-refractivity contribution in [2.45, 2.75) is 20.0 Å². The van der Waals surface area contributed by atoms with Gasteiger partial charge in [0.25, 0.3) is 0 Å². The van der Waals surface area contributed by atoms with Crippen molar-refractivity contribution >= 4 is 11.3 Å². The zero-order chi connectivity index (χ0) is 10.7. The summed E-state index contributed by atoms with van der Waals surface area (Å²) in [5.74, 6) is 0. The molecule has 0 amide bonds. The van der Waals surface area contributed by atoms with Gasteiger partial charge in [0.2, 0.25) is 0 Å². The minimum Gasteiger partial charge on any atom is -0.357 e. The molecule has 4 heteroatoms. The lowest BCUT2D eigenvalue weighted by molar-refractivity contribution is 0.689. The Labute approximate surface area is 93.8 Å². The molecule has 0 saturated carbocycles. The molecule has 15 heavy (non-hydrogen) atoms. The molecule has 1 N–H and O–H groups in total. The van der Waals surface area contributed by atoms with Crippen molar-refractivity contribution in [3.8, 4) is 0 Å². The molecule has 0 fully saturated rings. The summed E-state index contributed by atoms with van der Waals surface area (Å²) in [4.78, 5) is 5.57. The first kappa shape index (κ1) is 10.4. The monoisotopic (exact) mass is 221 g/mol. The molecule has 80 valence electrons. The van der Waals surface area contributed by atoms with Crippen LogP contribution < -0.4 is 5.32 Å². The smallest absolute Gasteiger partial charge is 0.107 e. The zero-order valence-electron chi connectivity index (χ0n) is 9.03. The van der Waals surface area contributed by atoms with Gasteiger partial charge in [-0.3, -0.25) is 0 Å². The average molecular weight is 221 g/mol. The first-order chi connectivity index (χ1) is 7.24. The van der Waals surface area contributed by atoms with Crippen LogP contribution in [0.4, 0.5) is 0 Å². The van der Waals surface area contributed by atoms with Gasteiger partial charge in [0, 0.05) is 43.6 Å². The Bertz CT molecular complexity index is 390. The lowest BCUT2D eigenvalue weighted by Gasteiger charge is -1.99. The van der Waals surface area contributed by atoms with Crippen LogP contribution in [0.5, 0.6) is 0 Å². The fraction of sp³-hybridized carbons (Fsp3) is 0.364. The van der Waals surface area contributed by atoms with Crippen molar-refractivity contribution < 1.29 is 0 Å². The Balaban J connectivity index is 1.80. The van der Waals surface area contributed by atoms with Gasteiger partial charge in [0.15, 0.2) is 0 Å². The summed E-state index contributed by atoms with van der Waals surface area (Å²) in [5, 5.41) is 4.54. The summed E-state index contributed by atoms with van der Waals surface area (Å²) >= 11 is 1.75. The second-order valence-corrected chi connectivity index (χ2v) is 4.97. The number of aryl methyl sites for hydroxylation is 2. The standard InChI is InChI=1S/C11H15N3S/c1-9-5-13-11(15-9)7-12-6-10-3-4-14(2)8-10/h3-5,8,12H,6-7H2,1-2H3. The molecule has 2 aromatic heterocycles. The number of rotatable bonds is 4. The van der Waals surface area contributed by atoms with E-state index in [2.05, 4.69) is 40.3 Å². The minimum atomic E-state index is 0.855. The Morgan fingerprint density at radius 2 is 2.33 bits per heavy atom. The average Bonchev–Trinajstić information content (AvgIpc) is 2.76. The SMILES string of the molecule is Cc1cnc(CNCc2ccn(C)c2)s1. The molecule has 0 saturated heterocycles. The molecule has 0 atom stereocenters. The third-order valence-corrected chi connectivity index (χ3v) is 3.08. The first-order valence-electron chi connectivity index (χ1n) is 4.97. The fourth-order valence-electron chi connectivity index (χ4n) is 1.46. The minimum absolute atomic E-state index is 0.855. The van der Waals surface area contributed by atoms with Crippen molar-refractivity contribution in [1.82, 2.24) is 14.9 Å². The fourth-order valence-corrected chi connectivity index (χ4v) is 2.22. The number of aromatic nitrogens is 2. The maximum Gasteiger partial charge on any atom is 0.107 e. The molecule has 0 radical (unpaired) electrons. The van der Waals surface area contributed by atoms with E-state index in [-0.39, 0.29) is 0 Å². The lowest BCUT2D eigenvalue weighted by Crippen LogP contribution is -2.11. The van der Waals surface area contributed by atoms with E-state index < -0.39 is 0 Å². The summed E-state index contributed by atoms with van der Waals surface area (Å²) in [5.41, 5.74) is 1.31. The normalized spacial score (nSPS) is 10.8. The third-order valence-electron chi connectivity index (χ3n) is 2.17. The molecule has 2 heterocycles. The second-order valence-electron chi connectivity index (χ2n) is 3.65. The molecule has 0 unspecified atom stereocenters. The number of nitrogens with one attached hydrogen (secondary N) is 1. The van der Waals surface area contributed by atoms with Crippen LogP contribution in [-0.4, -0.2) is 9.55 Å². The highest BCUT2D eigenvalue weighted by Gasteiger charge is 1.98. The van der Waals surface area contributed by atoms with E-state index in [4.69, 9.17) is 0 Å². The van der Waals surface area contributed by atoms with E-state index in [9.17, 15) is 0 Å². The molecule has 0 spiro atoms. The van der Waals surface area contributed by atoms with Crippen LogP contribution in [0, 0.1) is 6.92 Å². The quantitative estimate of drug-likeness (QED) is 0.856. The Morgan fingerprint density at radius 1 is 1.47 bits per heavy atom. The van der Waals surface area contributed by atoms with Gasteiger partial charge in [-0.1, -0.05) is 0 Å². The van der Waals surface area contributed by atoms with Crippen LogP contribution in [0.3, 0.4) is 0 Å². The summed E-state index contributed by atoms with van der Waals surface area (Å²) < 4.78 is 2.06. The Hall–Kier alpha value is -1.13. The highest BCUT2D eigenvalue weighted by Crippen LogP contribution is 2.10. The van der Waals surface area contributed by atoms with E-state index in [1.165, 1.54) is 10.4 Å². The molecule has 0 aliphatic heterocycles. The van der Waals surface area contributed by atoms with E-state index in [1.807, 2.05) is 13.2 Å². The van der Waals surface area contributed by atoms with E-state index >= 15 is 0 Å². The molecule has 0 bridgehead atoms. The summed E-state index contributed by atoms with van der Waals surface area (Å²) in [6, 6.07) is 2.13. The zero-order valence-corrected chi connectivity index (χ0v) is 9.84. The van der Waals surface area contributed by atoms with Gasteiger partial charge in [-0.15, -0.1) is 11.3 Å². The first-order valence-corrected chi connectivity index (χ1v) is 5.78. The largest absolute Gasteiger partial charge is 0.357 e. The van der Waals surface area contributed by atoms with Crippen LogP contribution in [0.25, 0.3) is 0 Å². The van der Waals surface area contributed by atoms with E-state index in [1.54, 1.807) is 11.3 Å². The van der Waals surface area contributed by atoms with Gasteiger partial charge in [0.1, 0.15) is 5.01 Å². The summed E-state index contributed by atoms with van der Waals surface area (Å²) in [7, 11) is 2.04. The van der Waals surface area contributed by atoms with E-state index in [0.29, 0.717) is 0 Å². The molecular formula is C11H15N3S. The molecule has 2 rings (SSSR count). The topological polar surface area (TPSA) is 29.9 Å². The van der Waals surface area contributed by atoms with Crippen LogP contribution in [0.1, 0.15) is 15.4 Å². The molecule has 2 aromatic rings. The van der Waals surface area contributed by atoms with Crippen molar-refractivity contribution in [3.63, 3.8) is 0 Å². The van der Waals surface area contributed by atoms with Crippen molar-refractivity contribution in [1.29, 1.82) is 0 Å². The lowest BCUT2D eigenvalue weighted by atomic mass is 10.3. The third kappa shape index (κ3) is 2.91. The van der Waals surface area contributed by atoms with Crippen molar-refractivity contribution in [3.05, 3.63) is 40.1 Å². The van der Waals surface area contributed by atoms with Crippen LogP contribution in [-0.2, 0) is 20.1 Å².